The molecule has 0 atom stereocenters. The lowest BCUT2D eigenvalue weighted by Crippen LogP contribution is -2.41. The minimum absolute atomic E-state index is 0.00900. The number of ether oxygens (including phenoxy) is 2. The molecule has 3 N–H and O–H groups in total. The van der Waals surface area contributed by atoms with Crippen molar-refractivity contribution in [2.24, 2.45) is 0 Å². The number of amides is 2. The Morgan fingerprint density at radius 2 is 2.18 bits per heavy atom. The Morgan fingerprint density at radius 3 is 2.85 bits per heavy atom. The first-order valence-corrected chi connectivity index (χ1v) is 10.2. The molecule has 2 amide bonds. The fourth-order valence-electron chi connectivity index (χ4n) is 3.25. The summed E-state index contributed by atoms with van der Waals surface area (Å²) in [4.78, 5) is 31.9. The van der Waals surface area contributed by atoms with Gasteiger partial charge in [-0.1, -0.05) is 6.07 Å². The molecular weight excluding hydrogens is 431 g/mol. The van der Waals surface area contributed by atoms with Crippen molar-refractivity contribution in [2.45, 2.75) is 19.9 Å². The first-order chi connectivity index (χ1) is 15.8. The van der Waals surface area contributed by atoms with Gasteiger partial charge in [-0.25, -0.2) is 9.37 Å². The van der Waals surface area contributed by atoms with Gasteiger partial charge in [0.25, 0.3) is 11.8 Å². The first kappa shape index (κ1) is 23.8. The van der Waals surface area contributed by atoms with Gasteiger partial charge in [-0.2, -0.15) is 0 Å². The van der Waals surface area contributed by atoms with Crippen LogP contribution in [0.2, 0.25) is 0 Å². The van der Waals surface area contributed by atoms with Crippen LogP contribution in [0, 0.1) is 16.6 Å². The number of anilines is 2. The Morgan fingerprint density at radius 1 is 1.42 bits per heavy atom. The fourth-order valence-corrected chi connectivity index (χ4v) is 3.25. The van der Waals surface area contributed by atoms with E-state index in [1.807, 2.05) is 13.8 Å². The molecule has 0 radical (unpaired) electrons. The summed E-state index contributed by atoms with van der Waals surface area (Å²) in [7, 11) is 1.50. The molecule has 2 heterocycles. The monoisotopic (exact) mass is 456 g/mol. The molecule has 0 unspecified atom stereocenters. The van der Waals surface area contributed by atoms with Crippen molar-refractivity contribution in [3.05, 3.63) is 47.4 Å². The third-order valence-corrected chi connectivity index (χ3v) is 4.94. The lowest BCUT2D eigenvalue weighted by atomic mass is 10.1. The summed E-state index contributed by atoms with van der Waals surface area (Å²) in [5.41, 5.74) is 0.193. The van der Waals surface area contributed by atoms with Crippen LogP contribution in [0.4, 0.5) is 15.9 Å². The number of amidine groups is 1. The van der Waals surface area contributed by atoms with Gasteiger partial charge >= 0.3 is 0 Å². The number of carbonyl (C=O) groups is 2. The smallest absolute Gasteiger partial charge is 0.265 e. The van der Waals surface area contributed by atoms with Gasteiger partial charge in [-0.15, -0.1) is 0 Å². The van der Waals surface area contributed by atoms with E-state index in [1.54, 1.807) is 12.1 Å². The third kappa shape index (κ3) is 5.14. The van der Waals surface area contributed by atoms with Crippen LogP contribution in [0.1, 0.15) is 29.9 Å². The molecule has 33 heavy (non-hydrogen) atoms. The predicted molar refractivity (Wildman–Crippen MR) is 121 cm³/mol. The highest BCUT2D eigenvalue weighted by molar-refractivity contribution is 6.06. The molecule has 1 aliphatic heterocycles. The van der Waals surface area contributed by atoms with Gasteiger partial charge in [0.1, 0.15) is 23.1 Å². The summed E-state index contributed by atoms with van der Waals surface area (Å²) < 4.78 is 25.2. The van der Waals surface area contributed by atoms with Crippen molar-refractivity contribution in [2.75, 3.05) is 37.1 Å². The molecule has 2 aromatic rings. The van der Waals surface area contributed by atoms with Crippen molar-refractivity contribution in [1.82, 2.24) is 9.88 Å². The Hall–Kier alpha value is -3.86. The van der Waals surface area contributed by atoms with Gasteiger partial charge in [0.05, 0.1) is 24.2 Å². The van der Waals surface area contributed by atoms with Crippen LogP contribution in [0.5, 0.6) is 5.75 Å². The highest BCUT2D eigenvalue weighted by Crippen LogP contribution is 2.34. The standard InChI is InChI=1S/C22H25FN6O4/c1-13(2)29(12-24)21(25)16-5-4-6-19(26-16)27-22(31)14-9-18-17(10-15(14)23)28(7-8-32-3)20(30)11-33-18/h4-6,9-10,12-13,24-25H,7-8,11H2,1-3H3,(H,26,27,31). The summed E-state index contributed by atoms with van der Waals surface area (Å²) >= 11 is 0. The molecule has 0 aliphatic carbocycles. The maximum atomic E-state index is 14.8. The Labute approximate surface area is 190 Å². The molecule has 0 fully saturated rings. The molecule has 1 aromatic carbocycles. The van der Waals surface area contributed by atoms with Gasteiger partial charge in [0.2, 0.25) is 0 Å². The number of nitrogens with zero attached hydrogens (tertiary/aromatic N) is 3. The van der Waals surface area contributed by atoms with Crippen molar-refractivity contribution in [3.8, 4) is 5.75 Å². The minimum atomic E-state index is -0.828. The summed E-state index contributed by atoms with van der Waals surface area (Å²) in [6.07, 6.45) is 1.03. The van der Waals surface area contributed by atoms with E-state index in [0.717, 1.165) is 12.4 Å². The largest absolute Gasteiger partial charge is 0.482 e. The lowest BCUT2D eigenvalue weighted by Gasteiger charge is -2.29. The summed E-state index contributed by atoms with van der Waals surface area (Å²) in [6.45, 7) is 3.92. The number of methoxy groups -OCH3 is 1. The van der Waals surface area contributed by atoms with E-state index in [0.29, 0.717) is 0 Å². The molecular formula is C22H25FN6O4. The lowest BCUT2D eigenvalue weighted by molar-refractivity contribution is -0.121. The zero-order chi connectivity index (χ0) is 24.1. The van der Waals surface area contributed by atoms with E-state index in [4.69, 9.17) is 20.3 Å². The number of hydrogen-bond donors (Lipinski definition) is 3. The van der Waals surface area contributed by atoms with Crippen LogP contribution in [0.15, 0.2) is 30.3 Å². The topological polar surface area (TPSA) is 132 Å². The summed E-state index contributed by atoms with van der Waals surface area (Å²) in [6, 6.07) is 6.89. The fraction of sp³-hybridized carbons (Fsp3) is 0.318. The van der Waals surface area contributed by atoms with E-state index in [-0.39, 0.29) is 66.1 Å². The van der Waals surface area contributed by atoms with Crippen LogP contribution in [-0.4, -0.2) is 66.8 Å². The van der Waals surface area contributed by atoms with Gasteiger partial charge in [0, 0.05) is 25.8 Å². The van der Waals surface area contributed by atoms with Crippen molar-refractivity contribution >= 4 is 35.5 Å². The number of nitrogens with one attached hydrogen (secondary N) is 3. The molecule has 1 aromatic heterocycles. The van der Waals surface area contributed by atoms with Crippen LogP contribution in [0.3, 0.4) is 0 Å². The van der Waals surface area contributed by atoms with Gasteiger partial charge in [0.15, 0.2) is 12.4 Å². The van der Waals surface area contributed by atoms with Gasteiger partial charge in [-0.05, 0) is 32.0 Å². The quantitative estimate of drug-likeness (QED) is 0.413. The second-order valence-corrected chi connectivity index (χ2v) is 7.47. The second-order valence-electron chi connectivity index (χ2n) is 7.47. The SMILES string of the molecule is COCCN1C(=O)COc2cc(C(=O)Nc3cccc(C(=N)N(C=N)C(C)C)n3)c(F)cc21. The highest BCUT2D eigenvalue weighted by atomic mass is 19.1. The molecule has 0 saturated carbocycles. The number of benzene rings is 1. The average molecular weight is 456 g/mol. The molecule has 3 rings (SSSR count). The number of carbonyl (C=O) groups excluding carboxylic acids is 2. The van der Waals surface area contributed by atoms with Crippen molar-refractivity contribution < 1.29 is 23.5 Å². The number of halogens is 1. The molecule has 1 aliphatic rings. The molecule has 10 nitrogen and oxygen atoms in total. The predicted octanol–water partition coefficient (Wildman–Crippen LogP) is 2.49. The Balaban J connectivity index is 1.84. The minimum Gasteiger partial charge on any atom is -0.482 e. The van der Waals surface area contributed by atoms with Crippen LogP contribution in [0.25, 0.3) is 0 Å². The summed E-state index contributed by atoms with van der Waals surface area (Å²) in [5, 5.41) is 18.3. The molecule has 0 spiro atoms. The van der Waals surface area contributed by atoms with E-state index < -0.39 is 11.7 Å². The first-order valence-electron chi connectivity index (χ1n) is 10.2. The molecule has 174 valence electrons. The molecule has 0 bridgehead atoms. The van der Waals surface area contributed by atoms with Crippen LogP contribution in [-0.2, 0) is 9.53 Å². The van der Waals surface area contributed by atoms with E-state index >= 15 is 0 Å². The number of aromatic nitrogens is 1. The molecule has 11 heteroatoms. The number of hydrogen-bond acceptors (Lipinski definition) is 7. The van der Waals surface area contributed by atoms with E-state index in [2.05, 4.69) is 10.3 Å². The summed E-state index contributed by atoms with van der Waals surface area (Å²) in [5.74, 6) is -1.61. The van der Waals surface area contributed by atoms with E-state index in [9.17, 15) is 14.0 Å². The van der Waals surface area contributed by atoms with Crippen molar-refractivity contribution in [1.29, 1.82) is 10.8 Å². The normalized spacial score (nSPS) is 12.8. The Kier molecular flexibility index (Phi) is 7.34. The Bertz CT molecular complexity index is 1090. The van der Waals surface area contributed by atoms with Gasteiger partial charge < -0.3 is 24.6 Å². The zero-order valence-electron chi connectivity index (χ0n) is 18.5. The number of pyridine rings is 1. The van der Waals surface area contributed by atoms with E-state index in [1.165, 1.54) is 29.0 Å². The zero-order valence-corrected chi connectivity index (χ0v) is 18.5. The average Bonchev–Trinajstić information content (AvgIpc) is 2.78. The second kappa shape index (κ2) is 10.2. The maximum Gasteiger partial charge on any atom is 0.265 e. The third-order valence-electron chi connectivity index (χ3n) is 4.94. The molecule has 0 saturated heterocycles. The number of rotatable bonds is 8. The highest BCUT2D eigenvalue weighted by Gasteiger charge is 2.28. The number of fused-ring (bicyclic) bond motifs is 1. The van der Waals surface area contributed by atoms with Crippen LogP contribution >= 0.6 is 0 Å². The van der Waals surface area contributed by atoms with Crippen LogP contribution < -0.4 is 15.0 Å². The van der Waals surface area contributed by atoms with Crippen molar-refractivity contribution in [3.63, 3.8) is 0 Å². The van der Waals surface area contributed by atoms with Gasteiger partial charge in [-0.3, -0.25) is 20.4 Å². The maximum absolute atomic E-state index is 14.8.